The van der Waals surface area contributed by atoms with Crippen LogP contribution in [0.2, 0.25) is 0 Å². The van der Waals surface area contributed by atoms with Crippen molar-refractivity contribution < 1.29 is 36.8 Å². The van der Waals surface area contributed by atoms with Crippen LogP contribution in [0.15, 0.2) is 94.7 Å². The van der Waals surface area contributed by atoms with Gasteiger partial charge in [0.2, 0.25) is 9.84 Å². The lowest BCUT2D eigenvalue weighted by atomic mass is 10.2. The Morgan fingerprint density at radius 1 is 0.351 bits per heavy atom. The van der Waals surface area contributed by atoms with Gasteiger partial charge in [0.05, 0.1) is 36.2 Å². The molecule has 0 aliphatic heterocycles. The molecule has 0 amide bonds. The van der Waals surface area contributed by atoms with Gasteiger partial charge in [0, 0.05) is 12.1 Å². The molecule has 8 nitrogen and oxygen atoms in total. The first-order valence-corrected chi connectivity index (χ1v) is 23.0. The molecule has 57 heavy (non-hydrogen) atoms. The van der Waals surface area contributed by atoms with Crippen LogP contribution in [0, 0.1) is 0 Å². The molecule has 0 atom stereocenters. The van der Waals surface area contributed by atoms with Gasteiger partial charge in [0.1, 0.15) is 23.0 Å². The minimum absolute atomic E-state index is 0.164. The van der Waals surface area contributed by atoms with E-state index in [4.69, 9.17) is 28.4 Å². The van der Waals surface area contributed by atoms with Gasteiger partial charge in [-0.2, -0.15) is 0 Å². The van der Waals surface area contributed by atoms with Crippen LogP contribution in [0.3, 0.4) is 0 Å². The Labute approximate surface area is 343 Å². The average Bonchev–Trinajstić information content (AvgIpc) is 3.22. The van der Waals surface area contributed by atoms with Crippen molar-refractivity contribution in [2.24, 2.45) is 0 Å². The van der Waals surface area contributed by atoms with Crippen molar-refractivity contribution in [2.45, 2.75) is 140 Å². The predicted molar refractivity (Wildman–Crippen MR) is 230 cm³/mol. The predicted octanol–water partition coefficient (Wildman–Crippen LogP) is 13.9. The molecule has 0 unspecified atom stereocenters. The molecule has 0 saturated heterocycles. The molecule has 0 aliphatic carbocycles. The van der Waals surface area contributed by atoms with Gasteiger partial charge in [-0.05, 0) is 98.5 Å². The quantitative estimate of drug-likeness (QED) is 0.0482. The van der Waals surface area contributed by atoms with Gasteiger partial charge in [-0.1, -0.05) is 105 Å². The minimum atomic E-state index is -3.79. The van der Waals surface area contributed by atoms with E-state index in [1.165, 1.54) is 51.4 Å². The van der Waals surface area contributed by atoms with E-state index < -0.39 is 9.84 Å². The van der Waals surface area contributed by atoms with Crippen molar-refractivity contribution in [2.75, 3.05) is 26.4 Å². The number of hydrogen-bond donors (Lipinski definition) is 0. The summed E-state index contributed by atoms with van der Waals surface area (Å²) in [4.78, 5) is 0.329. The zero-order valence-corrected chi connectivity index (χ0v) is 35.7. The SMILES string of the molecule is CCCCCCOc1ccc(Oc2ccc(S(=O)(=O)c3ccc(Oc4ccc(OCCCCCC)c(OCCCCCC)c4)cc3)cc2)cc1OCCCCCC. The van der Waals surface area contributed by atoms with Crippen molar-refractivity contribution >= 4 is 9.84 Å². The lowest BCUT2D eigenvalue weighted by Gasteiger charge is -2.15. The van der Waals surface area contributed by atoms with Crippen molar-refractivity contribution in [3.63, 3.8) is 0 Å². The molecular weight excluding hydrogens is 737 g/mol. The first-order chi connectivity index (χ1) is 27.9. The molecule has 0 radical (unpaired) electrons. The molecule has 4 aromatic carbocycles. The summed E-state index contributed by atoms with van der Waals surface area (Å²) in [6.45, 7) is 11.3. The third-order valence-corrected chi connectivity index (χ3v) is 11.4. The standard InChI is InChI=1S/C48H66O8S/c1-5-9-13-17-33-51-45-31-25-41(37-47(45)53-35-19-15-11-7-3)55-39-21-27-43(28-22-39)57(49,50)44-29-23-40(24-30-44)56-42-26-32-46(52-34-18-14-10-6-2)48(38-42)54-36-20-16-12-8-4/h21-32,37-38H,5-20,33-36H2,1-4H3. The average molecular weight is 803 g/mol. The fraction of sp³-hybridized carbons (Fsp3) is 0.500. The molecule has 0 fully saturated rings. The highest BCUT2D eigenvalue weighted by Gasteiger charge is 2.19. The summed E-state index contributed by atoms with van der Waals surface area (Å²) in [6.07, 6.45) is 17.9. The summed E-state index contributed by atoms with van der Waals surface area (Å²) in [7, 11) is -3.79. The van der Waals surface area contributed by atoms with Gasteiger partial charge in [-0.3, -0.25) is 0 Å². The fourth-order valence-electron chi connectivity index (χ4n) is 6.19. The maximum Gasteiger partial charge on any atom is 0.206 e. The Hall–Kier alpha value is -4.37. The lowest BCUT2D eigenvalue weighted by molar-refractivity contribution is 0.258. The summed E-state index contributed by atoms with van der Waals surface area (Å²) >= 11 is 0. The Morgan fingerprint density at radius 3 is 0.965 bits per heavy atom. The van der Waals surface area contributed by atoms with Crippen LogP contribution in [0.5, 0.6) is 46.0 Å². The molecule has 0 bridgehead atoms. The third-order valence-electron chi connectivity index (χ3n) is 9.59. The van der Waals surface area contributed by atoms with Crippen molar-refractivity contribution in [3.8, 4) is 46.0 Å². The molecule has 0 saturated carbocycles. The summed E-state index contributed by atoms with van der Waals surface area (Å²) in [5.74, 6) is 4.89. The van der Waals surface area contributed by atoms with Crippen LogP contribution in [0.1, 0.15) is 130 Å². The molecule has 9 heteroatoms. The number of sulfone groups is 1. The molecule has 0 aromatic heterocycles. The van der Waals surface area contributed by atoms with Crippen molar-refractivity contribution in [1.82, 2.24) is 0 Å². The van der Waals surface area contributed by atoms with Gasteiger partial charge < -0.3 is 28.4 Å². The summed E-state index contributed by atoms with van der Waals surface area (Å²) in [5.41, 5.74) is 0. The molecule has 0 N–H and O–H groups in total. The highest BCUT2D eigenvalue weighted by molar-refractivity contribution is 7.91. The summed E-state index contributed by atoms with van der Waals surface area (Å²) in [6, 6.07) is 24.0. The van der Waals surface area contributed by atoms with E-state index >= 15 is 0 Å². The highest BCUT2D eigenvalue weighted by atomic mass is 32.2. The normalized spacial score (nSPS) is 11.3. The zero-order valence-electron chi connectivity index (χ0n) is 34.9. The summed E-state index contributed by atoms with van der Waals surface area (Å²) in [5, 5.41) is 0. The monoisotopic (exact) mass is 802 g/mol. The van der Waals surface area contributed by atoms with Gasteiger partial charge in [0.25, 0.3) is 0 Å². The maximum absolute atomic E-state index is 13.6. The second-order valence-electron chi connectivity index (χ2n) is 14.5. The molecule has 0 spiro atoms. The second kappa shape index (κ2) is 25.8. The van der Waals surface area contributed by atoms with Crippen LogP contribution in [0.4, 0.5) is 0 Å². The lowest BCUT2D eigenvalue weighted by Crippen LogP contribution is -2.03. The van der Waals surface area contributed by atoms with Crippen LogP contribution >= 0.6 is 0 Å². The zero-order chi connectivity index (χ0) is 40.6. The van der Waals surface area contributed by atoms with E-state index in [2.05, 4.69) is 27.7 Å². The Morgan fingerprint density at radius 2 is 0.649 bits per heavy atom. The Balaban J connectivity index is 1.39. The molecule has 4 aromatic rings. The topological polar surface area (TPSA) is 89.5 Å². The van der Waals surface area contributed by atoms with Crippen LogP contribution in [-0.4, -0.2) is 34.8 Å². The van der Waals surface area contributed by atoms with E-state index in [0.717, 1.165) is 51.4 Å². The molecular formula is C48H66O8S. The van der Waals surface area contributed by atoms with Gasteiger partial charge in [-0.25, -0.2) is 8.42 Å². The van der Waals surface area contributed by atoms with Gasteiger partial charge >= 0.3 is 0 Å². The van der Waals surface area contributed by atoms with E-state index in [-0.39, 0.29) is 9.79 Å². The number of ether oxygens (including phenoxy) is 6. The van der Waals surface area contributed by atoms with E-state index in [1.54, 1.807) is 48.5 Å². The van der Waals surface area contributed by atoms with Crippen LogP contribution < -0.4 is 28.4 Å². The first-order valence-electron chi connectivity index (χ1n) is 21.5. The molecule has 4 rings (SSSR count). The van der Waals surface area contributed by atoms with Crippen LogP contribution in [-0.2, 0) is 9.84 Å². The minimum Gasteiger partial charge on any atom is -0.490 e. The first kappa shape index (κ1) is 45.3. The number of rotatable bonds is 30. The molecule has 0 heterocycles. The Kier molecular flexibility index (Phi) is 20.5. The summed E-state index contributed by atoms with van der Waals surface area (Å²) < 4.78 is 64.0. The number of benzene rings is 4. The fourth-order valence-corrected chi connectivity index (χ4v) is 7.45. The van der Waals surface area contributed by atoms with Crippen molar-refractivity contribution in [3.05, 3.63) is 84.9 Å². The second-order valence-corrected chi connectivity index (χ2v) is 16.5. The third kappa shape index (κ3) is 15.8. The van der Waals surface area contributed by atoms with Gasteiger partial charge in [0.15, 0.2) is 23.0 Å². The highest BCUT2D eigenvalue weighted by Crippen LogP contribution is 2.36. The molecule has 312 valence electrons. The Bertz CT molecular complexity index is 1680. The van der Waals surface area contributed by atoms with E-state index in [9.17, 15) is 8.42 Å². The smallest absolute Gasteiger partial charge is 0.206 e. The van der Waals surface area contributed by atoms with E-state index in [1.807, 2.05) is 36.4 Å². The van der Waals surface area contributed by atoms with E-state index in [0.29, 0.717) is 72.4 Å². The largest absolute Gasteiger partial charge is 0.490 e. The van der Waals surface area contributed by atoms with Crippen molar-refractivity contribution in [1.29, 1.82) is 0 Å². The maximum atomic E-state index is 13.6. The molecule has 0 aliphatic rings. The van der Waals surface area contributed by atoms with Gasteiger partial charge in [-0.15, -0.1) is 0 Å². The van der Waals surface area contributed by atoms with Crippen LogP contribution in [0.25, 0.3) is 0 Å². The number of hydrogen-bond acceptors (Lipinski definition) is 8. The number of unbranched alkanes of at least 4 members (excludes halogenated alkanes) is 12.